The summed E-state index contributed by atoms with van der Waals surface area (Å²) in [5.41, 5.74) is 2.29. The van der Waals surface area contributed by atoms with Gasteiger partial charge in [-0.3, -0.25) is 9.59 Å². The van der Waals surface area contributed by atoms with Crippen molar-refractivity contribution in [2.45, 2.75) is 39.2 Å². The Labute approximate surface area is 155 Å². The number of amides is 2. The summed E-state index contributed by atoms with van der Waals surface area (Å²) in [4.78, 5) is 28.8. The number of benzene rings is 1. The van der Waals surface area contributed by atoms with Crippen LogP contribution in [0.5, 0.6) is 11.5 Å². The summed E-state index contributed by atoms with van der Waals surface area (Å²) in [7, 11) is 3.25. The van der Waals surface area contributed by atoms with E-state index in [1.807, 2.05) is 21.9 Å². The molecule has 1 fully saturated rings. The third kappa shape index (κ3) is 3.64. The van der Waals surface area contributed by atoms with Crippen LogP contribution < -0.4 is 9.47 Å². The van der Waals surface area contributed by atoms with Crippen molar-refractivity contribution < 1.29 is 19.1 Å². The number of methoxy groups -OCH3 is 2. The molecular formula is C20H28N2O4. The fourth-order valence-electron chi connectivity index (χ4n) is 3.83. The first kappa shape index (κ1) is 18.5. The number of unbranched alkanes of at least 4 members (excludes halogenated alkanes) is 1. The SMILES string of the molecule is CCCCN1CC(C(=O)N2CCc3cc(OC)c(OC)cc3C2)CC1=O. The number of ether oxygens (including phenoxy) is 2. The van der Waals surface area contributed by atoms with Crippen LogP contribution in [-0.2, 0) is 22.6 Å². The van der Waals surface area contributed by atoms with Gasteiger partial charge >= 0.3 is 0 Å². The first-order valence-electron chi connectivity index (χ1n) is 9.37. The van der Waals surface area contributed by atoms with Crippen molar-refractivity contribution >= 4 is 11.8 Å². The Morgan fingerprint density at radius 1 is 1.19 bits per heavy atom. The lowest BCUT2D eigenvalue weighted by molar-refractivity contribution is -0.136. The van der Waals surface area contributed by atoms with Crippen LogP contribution in [0.4, 0.5) is 0 Å². The Balaban J connectivity index is 1.69. The van der Waals surface area contributed by atoms with Crippen molar-refractivity contribution in [2.24, 2.45) is 5.92 Å². The Bertz CT molecular complexity index is 689. The van der Waals surface area contributed by atoms with Crippen LogP contribution in [0.2, 0.25) is 0 Å². The van der Waals surface area contributed by atoms with Gasteiger partial charge in [-0.05, 0) is 36.1 Å². The van der Waals surface area contributed by atoms with Gasteiger partial charge in [-0.1, -0.05) is 13.3 Å². The maximum atomic E-state index is 12.9. The molecule has 2 heterocycles. The molecule has 6 nitrogen and oxygen atoms in total. The molecule has 1 aromatic carbocycles. The van der Waals surface area contributed by atoms with Crippen LogP contribution in [0.1, 0.15) is 37.3 Å². The molecule has 3 rings (SSSR count). The van der Waals surface area contributed by atoms with E-state index in [0.29, 0.717) is 31.8 Å². The van der Waals surface area contributed by atoms with Gasteiger partial charge in [0.1, 0.15) is 0 Å². The highest BCUT2D eigenvalue weighted by Crippen LogP contribution is 2.34. The lowest BCUT2D eigenvalue weighted by Crippen LogP contribution is -2.40. The van der Waals surface area contributed by atoms with Crippen molar-refractivity contribution in [1.82, 2.24) is 9.80 Å². The molecule has 1 saturated heterocycles. The summed E-state index contributed by atoms with van der Waals surface area (Å²) < 4.78 is 10.7. The highest BCUT2D eigenvalue weighted by Gasteiger charge is 2.37. The number of carbonyl (C=O) groups is 2. The van der Waals surface area contributed by atoms with E-state index in [1.54, 1.807) is 14.2 Å². The average Bonchev–Trinajstić information content (AvgIpc) is 3.04. The van der Waals surface area contributed by atoms with E-state index in [2.05, 4.69) is 6.92 Å². The zero-order chi connectivity index (χ0) is 18.7. The van der Waals surface area contributed by atoms with E-state index >= 15 is 0 Å². The van der Waals surface area contributed by atoms with E-state index in [1.165, 1.54) is 5.56 Å². The van der Waals surface area contributed by atoms with E-state index in [0.717, 1.165) is 37.1 Å². The Morgan fingerprint density at radius 2 is 1.88 bits per heavy atom. The molecular weight excluding hydrogens is 332 g/mol. The smallest absolute Gasteiger partial charge is 0.228 e. The molecule has 0 N–H and O–H groups in total. The van der Waals surface area contributed by atoms with Crippen molar-refractivity contribution in [3.8, 4) is 11.5 Å². The zero-order valence-corrected chi connectivity index (χ0v) is 15.9. The number of likely N-dealkylation sites (tertiary alicyclic amines) is 1. The monoisotopic (exact) mass is 360 g/mol. The van der Waals surface area contributed by atoms with Gasteiger partial charge in [0.15, 0.2) is 11.5 Å². The van der Waals surface area contributed by atoms with E-state index in [4.69, 9.17) is 9.47 Å². The standard InChI is InChI=1S/C20H28N2O4/c1-4-5-7-21-13-16(11-19(21)23)20(24)22-8-6-14-9-17(25-2)18(26-3)10-15(14)12-22/h9-10,16H,4-8,11-13H2,1-3H3. The molecule has 1 aromatic rings. The fourth-order valence-corrected chi connectivity index (χ4v) is 3.83. The van der Waals surface area contributed by atoms with Gasteiger partial charge in [0.05, 0.1) is 20.1 Å². The minimum absolute atomic E-state index is 0.0952. The Hall–Kier alpha value is -2.24. The van der Waals surface area contributed by atoms with Crippen molar-refractivity contribution in [1.29, 1.82) is 0 Å². The maximum Gasteiger partial charge on any atom is 0.228 e. The highest BCUT2D eigenvalue weighted by molar-refractivity contribution is 5.89. The lowest BCUT2D eigenvalue weighted by atomic mass is 9.97. The van der Waals surface area contributed by atoms with E-state index in [-0.39, 0.29) is 17.7 Å². The second kappa shape index (κ2) is 7.98. The van der Waals surface area contributed by atoms with E-state index in [9.17, 15) is 9.59 Å². The molecule has 6 heteroatoms. The molecule has 0 radical (unpaired) electrons. The summed E-state index contributed by atoms with van der Waals surface area (Å²) in [6, 6.07) is 3.96. The molecule has 0 aromatic heterocycles. The summed E-state index contributed by atoms with van der Waals surface area (Å²) in [6.07, 6.45) is 3.18. The summed E-state index contributed by atoms with van der Waals surface area (Å²) in [5, 5.41) is 0. The van der Waals surface area contributed by atoms with Gasteiger partial charge < -0.3 is 19.3 Å². The van der Waals surface area contributed by atoms with Gasteiger partial charge in [0, 0.05) is 32.6 Å². The van der Waals surface area contributed by atoms with Crippen LogP contribution in [0.15, 0.2) is 12.1 Å². The molecule has 1 atom stereocenters. The largest absolute Gasteiger partial charge is 0.493 e. The molecule has 2 aliphatic heterocycles. The number of hydrogen-bond acceptors (Lipinski definition) is 4. The first-order chi connectivity index (χ1) is 12.6. The normalized spacial score (nSPS) is 19.5. The summed E-state index contributed by atoms with van der Waals surface area (Å²) in [6.45, 7) is 4.68. The van der Waals surface area contributed by atoms with E-state index < -0.39 is 0 Å². The second-order valence-electron chi connectivity index (χ2n) is 7.08. The van der Waals surface area contributed by atoms with Crippen molar-refractivity contribution in [2.75, 3.05) is 33.9 Å². The molecule has 142 valence electrons. The van der Waals surface area contributed by atoms with Gasteiger partial charge in [-0.25, -0.2) is 0 Å². The molecule has 0 aliphatic carbocycles. The van der Waals surface area contributed by atoms with Crippen molar-refractivity contribution in [3.05, 3.63) is 23.3 Å². The third-order valence-electron chi connectivity index (χ3n) is 5.38. The van der Waals surface area contributed by atoms with Crippen LogP contribution >= 0.6 is 0 Å². The van der Waals surface area contributed by atoms with Crippen LogP contribution in [-0.4, -0.2) is 55.5 Å². The first-order valence-corrected chi connectivity index (χ1v) is 9.37. The number of rotatable bonds is 6. The minimum atomic E-state index is -0.207. The van der Waals surface area contributed by atoms with Crippen LogP contribution in [0.3, 0.4) is 0 Å². The van der Waals surface area contributed by atoms with Gasteiger partial charge in [-0.2, -0.15) is 0 Å². The lowest BCUT2D eigenvalue weighted by Gasteiger charge is -2.31. The Kier molecular flexibility index (Phi) is 5.69. The average molecular weight is 360 g/mol. The number of hydrogen-bond donors (Lipinski definition) is 0. The third-order valence-corrected chi connectivity index (χ3v) is 5.38. The molecule has 2 amide bonds. The summed E-state index contributed by atoms with van der Waals surface area (Å²) >= 11 is 0. The molecule has 0 spiro atoms. The van der Waals surface area contributed by atoms with Gasteiger partial charge in [0.25, 0.3) is 0 Å². The number of nitrogens with zero attached hydrogens (tertiary/aromatic N) is 2. The zero-order valence-electron chi connectivity index (χ0n) is 15.9. The topological polar surface area (TPSA) is 59.1 Å². The second-order valence-corrected chi connectivity index (χ2v) is 7.08. The number of carbonyl (C=O) groups excluding carboxylic acids is 2. The molecule has 0 saturated carbocycles. The number of fused-ring (bicyclic) bond motifs is 1. The minimum Gasteiger partial charge on any atom is -0.493 e. The molecule has 1 unspecified atom stereocenters. The van der Waals surface area contributed by atoms with Crippen LogP contribution in [0, 0.1) is 5.92 Å². The molecule has 2 aliphatic rings. The Morgan fingerprint density at radius 3 is 2.54 bits per heavy atom. The maximum absolute atomic E-state index is 12.9. The van der Waals surface area contributed by atoms with Crippen molar-refractivity contribution in [3.63, 3.8) is 0 Å². The molecule has 26 heavy (non-hydrogen) atoms. The van der Waals surface area contributed by atoms with Gasteiger partial charge in [0.2, 0.25) is 11.8 Å². The van der Waals surface area contributed by atoms with Gasteiger partial charge in [-0.15, -0.1) is 0 Å². The summed E-state index contributed by atoms with van der Waals surface area (Å²) in [5.74, 6) is 1.40. The highest BCUT2D eigenvalue weighted by atomic mass is 16.5. The predicted octanol–water partition coefficient (Wildman–Crippen LogP) is 2.24. The van der Waals surface area contributed by atoms with Crippen LogP contribution in [0.25, 0.3) is 0 Å². The quantitative estimate of drug-likeness (QED) is 0.781. The molecule has 0 bridgehead atoms. The predicted molar refractivity (Wildman–Crippen MR) is 98.3 cm³/mol. The fraction of sp³-hybridized carbons (Fsp3) is 0.600.